The van der Waals surface area contributed by atoms with Gasteiger partial charge in [0.05, 0.1) is 16.6 Å². The quantitative estimate of drug-likeness (QED) is 0.223. The fourth-order valence-electron chi connectivity index (χ4n) is 5.83. The van der Waals surface area contributed by atoms with Crippen molar-refractivity contribution in [2.45, 2.75) is 39.4 Å². The highest BCUT2D eigenvalue weighted by atomic mass is 32.2. The lowest BCUT2D eigenvalue weighted by Gasteiger charge is -2.39. The highest BCUT2D eigenvalue weighted by Gasteiger charge is 2.31. The van der Waals surface area contributed by atoms with Crippen LogP contribution in [0.2, 0.25) is 0 Å². The number of thioether (sulfide) groups is 1. The van der Waals surface area contributed by atoms with E-state index < -0.39 is 29.1 Å². The zero-order valence-corrected chi connectivity index (χ0v) is 29.0. The molecule has 2 aliphatic heterocycles. The first kappa shape index (κ1) is 36.6. The van der Waals surface area contributed by atoms with E-state index in [9.17, 15) is 32.3 Å². The van der Waals surface area contributed by atoms with Gasteiger partial charge in [0.15, 0.2) is 0 Å². The van der Waals surface area contributed by atoms with Gasteiger partial charge in [-0.2, -0.15) is 13.2 Å². The molecule has 50 heavy (non-hydrogen) atoms. The van der Waals surface area contributed by atoms with Gasteiger partial charge in [0.25, 0.3) is 5.91 Å². The number of carbonyl (C=O) groups is 3. The second-order valence-corrected chi connectivity index (χ2v) is 13.3. The highest BCUT2D eigenvalue weighted by Crippen LogP contribution is 2.34. The van der Waals surface area contributed by atoms with E-state index in [0.29, 0.717) is 67.6 Å². The molecule has 0 unspecified atom stereocenters. The Hall–Kier alpha value is -4.70. The van der Waals surface area contributed by atoms with Crippen molar-refractivity contribution in [1.29, 1.82) is 5.41 Å². The van der Waals surface area contributed by atoms with E-state index in [1.54, 1.807) is 34.2 Å². The number of pyridine rings is 2. The third-order valence-corrected chi connectivity index (χ3v) is 9.68. The van der Waals surface area contributed by atoms with Crippen molar-refractivity contribution in [3.05, 3.63) is 69.0 Å². The van der Waals surface area contributed by atoms with Gasteiger partial charge in [-0.25, -0.2) is 9.78 Å². The van der Waals surface area contributed by atoms with Crippen LogP contribution in [0.1, 0.15) is 49.2 Å². The topological polar surface area (TPSA) is 144 Å². The summed E-state index contributed by atoms with van der Waals surface area (Å²) in [4.78, 5) is 61.8. The molecule has 3 N–H and O–H groups in total. The van der Waals surface area contributed by atoms with Gasteiger partial charge in [0, 0.05) is 87.2 Å². The number of aromatic nitrogens is 2. The zero-order chi connectivity index (χ0) is 36.3. The number of halogens is 3. The van der Waals surface area contributed by atoms with Gasteiger partial charge >= 0.3 is 12.2 Å². The Bertz CT molecular complexity index is 1910. The third-order valence-electron chi connectivity index (χ3n) is 8.75. The molecule has 2 saturated heterocycles. The smallest absolute Gasteiger partial charge is 0.341 e. The minimum absolute atomic E-state index is 0.00439. The van der Waals surface area contributed by atoms with Crippen LogP contribution in [0, 0.1) is 5.41 Å². The average Bonchev–Trinajstić information content (AvgIpc) is 3.07. The molecule has 2 aliphatic rings. The summed E-state index contributed by atoms with van der Waals surface area (Å²) in [5, 5.41) is 14.9. The molecule has 3 aromatic rings. The number of hydrogen-bond acceptors (Lipinski definition) is 8. The van der Waals surface area contributed by atoms with Crippen molar-refractivity contribution in [3.63, 3.8) is 0 Å². The zero-order valence-electron chi connectivity index (χ0n) is 28.2. The van der Waals surface area contributed by atoms with Gasteiger partial charge in [0.1, 0.15) is 11.4 Å². The Morgan fingerprint density at radius 2 is 1.74 bits per heavy atom. The highest BCUT2D eigenvalue weighted by molar-refractivity contribution is 8.16. The molecule has 5 rings (SSSR count). The normalized spacial score (nSPS) is 15.9. The number of alkyl halides is 3. The first-order valence-corrected chi connectivity index (χ1v) is 17.0. The number of piperazine rings is 1. The molecule has 4 amide bonds. The molecular formula is C34H39F3N8O4S. The third kappa shape index (κ3) is 8.02. The standard InChI is InChI=1S/C34H39F3N8O4S/c1-5-8-39-33(49)41-29-14-24(31(38)50-19-20(2)34(35,36)37)26(15-40-29)22-6-7-28-25(13-22)30(47)27(18-45(28)23-16-42(4)17-23)32(48)44-11-9-43(10-12-44)21(3)46/h6-7,13-15,18-19,23,38H,5,8-12,16-17H2,1-4H3,(H2,39,40,41,49)/b20-19+,38-31?. The number of rotatable bonds is 8. The van der Waals surface area contributed by atoms with E-state index in [2.05, 4.69) is 20.5 Å². The second kappa shape index (κ2) is 15.0. The lowest BCUT2D eigenvalue weighted by molar-refractivity contribution is -0.130. The van der Waals surface area contributed by atoms with E-state index in [1.807, 2.05) is 18.5 Å². The number of allylic oxidation sites excluding steroid dienone is 1. The maximum Gasteiger partial charge on any atom is 0.412 e. The molecule has 16 heteroatoms. The van der Waals surface area contributed by atoms with Gasteiger partial charge in [-0.15, -0.1) is 0 Å². The Balaban J connectivity index is 1.59. The summed E-state index contributed by atoms with van der Waals surface area (Å²) in [7, 11) is 1.97. The number of fused-ring (bicyclic) bond motifs is 1. The van der Waals surface area contributed by atoms with Gasteiger partial charge in [-0.05, 0) is 49.6 Å². The van der Waals surface area contributed by atoms with E-state index in [-0.39, 0.29) is 52.4 Å². The number of anilines is 1. The summed E-state index contributed by atoms with van der Waals surface area (Å²) in [6, 6.07) is 5.97. The van der Waals surface area contributed by atoms with E-state index in [1.165, 1.54) is 19.2 Å². The number of urea groups is 1. The van der Waals surface area contributed by atoms with E-state index >= 15 is 0 Å². The van der Waals surface area contributed by atoms with Crippen molar-refractivity contribution >= 4 is 51.4 Å². The van der Waals surface area contributed by atoms with Gasteiger partial charge in [-0.1, -0.05) is 24.8 Å². The summed E-state index contributed by atoms with van der Waals surface area (Å²) < 4.78 is 41.7. The molecule has 1 aromatic carbocycles. The molecule has 0 spiro atoms. The molecule has 0 saturated carbocycles. The first-order chi connectivity index (χ1) is 23.7. The fraction of sp³-hybridized carbons (Fsp3) is 0.412. The van der Waals surface area contributed by atoms with Gasteiger partial charge in [0.2, 0.25) is 11.3 Å². The van der Waals surface area contributed by atoms with Crippen molar-refractivity contribution in [2.24, 2.45) is 0 Å². The summed E-state index contributed by atoms with van der Waals surface area (Å²) in [5.41, 5.74) is 0.186. The van der Waals surface area contributed by atoms with Gasteiger partial charge < -0.3 is 24.6 Å². The molecular weight excluding hydrogens is 673 g/mol. The Morgan fingerprint density at radius 1 is 1.06 bits per heavy atom. The Kier molecular flexibility index (Phi) is 11.0. The minimum Gasteiger partial charge on any atom is -0.341 e. The maximum absolute atomic E-state index is 14.1. The second-order valence-electron chi connectivity index (χ2n) is 12.4. The summed E-state index contributed by atoms with van der Waals surface area (Å²) in [6.45, 7) is 7.40. The fourth-order valence-corrected chi connectivity index (χ4v) is 6.56. The molecule has 266 valence electrons. The van der Waals surface area contributed by atoms with E-state index in [4.69, 9.17) is 5.41 Å². The van der Waals surface area contributed by atoms with Crippen LogP contribution in [0.15, 0.2) is 52.4 Å². The molecule has 0 bridgehead atoms. The van der Waals surface area contributed by atoms with Crippen LogP contribution in [0.3, 0.4) is 0 Å². The summed E-state index contributed by atoms with van der Waals surface area (Å²) in [5.74, 6) is -0.437. The van der Waals surface area contributed by atoms with Crippen LogP contribution < -0.4 is 16.1 Å². The SMILES string of the molecule is CCCNC(=O)Nc1cc(C(=N)S/C=C(\C)C(F)(F)F)c(-c2ccc3c(c2)c(=O)c(C(=O)N2CCN(C(C)=O)CC2)cn3C2CN(C)C2)cn1. The minimum atomic E-state index is -4.57. The van der Waals surface area contributed by atoms with Crippen LogP contribution in [0.5, 0.6) is 0 Å². The summed E-state index contributed by atoms with van der Waals surface area (Å²) in [6.07, 6.45) is -0.866. The molecule has 0 radical (unpaired) electrons. The Morgan fingerprint density at radius 3 is 2.36 bits per heavy atom. The molecule has 0 atom stereocenters. The van der Waals surface area contributed by atoms with Crippen LogP contribution in [-0.2, 0) is 4.79 Å². The molecule has 0 aliphatic carbocycles. The molecule has 12 nitrogen and oxygen atoms in total. The van der Waals surface area contributed by atoms with Crippen LogP contribution >= 0.6 is 11.8 Å². The number of carbonyl (C=O) groups excluding carboxylic acids is 3. The number of likely N-dealkylation sites (N-methyl/N-ethyl adjacent to an activating group) is 1. The van der Waals surface area contributed by atoms with Crippen molar-refractivity contribution in [3.8, 4) is 11.1 Å². The predicted octanol–water partition coefficient (Wildman–Crippen LogP) is 4.91. The summed E-state index contributed by atoms with van der Waals surface area (Å²) >= 11 is 0.563. The lowest BCUT2D eigenvalue weighted by Crippen LogP contribution is -2.51. The average molecular weight is 713 g/mol. The maximum atomic E-state index is 14.1. The predicted molar refractivity (Wildman–Crippen MR) is 188 cm³/mol. The number of benzene rings is 1. The van der Waals surface area contributed by atoms with Gasteiger partial charge in [-0.3, -0.25) is 25.1 Å². The van der Waals surface area contributed by atoms with E-state index in [0.717, 1.165) is 12.3 Å². The molecule has 4 heterocycles. The Labute approximate surface area is 291 Å². The largest absolute Gasteiger partial charge is 0.412 e. The van der Waals surface area contributed by atoms with Crippen LogP contribution in [-0.4, -0.2) is 106 Å². The first-order valence-electron chi connectivity index (χ1n) is 16.1. The number of likely N-dealkylation sites (tertiary alicyclic amines) is 1. The number of nitrogens with zero attached hydrogens (tertiary/aromatic N) is 5. The monoisotopic (exact) mass is 712 g/mol. The molecule has 2 aromatic heterocycles. The van der Waals surface area contributed by atoms with Crippen molar-refractivity contribution in [1.82, 2.24) is 29.6 Å². The van der Waals surface area contributed by atoms with Crippen LogP contribution in [0.25, 0.3) is 22.0 Å². The lowest BCUT2D eigenvalue weighted by atomic mass is 9.98. The van der Waals surface area contributed by atoms with Crippen molar-refractivity contribution < 1.29 is 27.6 Å². The number of amides is 4. The number of nitrogens with one attached hydrogen (secondary N) is 3. The van der Waals surface area contributed by atoms with Crippen LogP contribution in [0.4, 0.5) is 23.8 Å². The van der Waals surface area contributed by atoms with Crippen molar-refractivity contribution in [2.75, 3.05) is 58.2 Å². The number of hydrogen-bond donors (Lipinski definition) is 3. The molecule has 2 fully saturated rings.